The molecule has 1 unspecified atom stereocenters. The summed E-state index contributed by atoms with van der Waals surface area (Å²) in [5, 5.41) is 9.17. The van der Waals surface area contributed by atoms with Gasteiger partial charge in [0, 0.05) is 12.2 Å². The van der Waals surface area contributed by atoms with Crippen LogP contribution in [-0.4, -0.2) is 29.1 Å². The molecule has 0 aliphatic carbocycles. The van der Waals surface area contributed by atoms with Gasteiger partial charge in [0.05, 0.1) is 12.6 Å². The quantitative estimate of drug-likeness (QED) is 0.848. The lowest BCUT2D eigenvalue weighted by atomic mass is 9.87. The first-order chi connectivity index (χ1) is 10.2. The van der Waals surface area contributed by atoms with Gasteiger partial charge in [-0.15, -0.1) is 0 Å². The Hall–Kier alpha value is -2.33. The van der Waals surface area contributed by atoms with Gasteiger partial charge >= 0.3 is 5.97 Å². The van der Waals surface area contributed by atoms with E-state index in [1.807, 2.05) is 41.3 Å². The van der Waals surface area contributed by atoms with Crippen LogP contribution in [0, 0.1) is 0 Å². The van der Waals surface area contributed by atoms with Gasteiger partial charge < -0.3 is 10.8 Å². The highest BCUT2D eigenvalue weighted by Crippen LogP contribution is 2.37. The number of hydrogen-bond acceptors (Lipinski definition) is 3. The summed E-state index contributed by atoms with van der Waals surface area (Å²) in [7, 11) is 0. The number of carboxylic acid groups (broad SMARTS) is 1. The fourth-order valence-electron chi connectivity index (χ4n) is 3.09. The van der Waals surface area contributed by atoms with Crippen LogP contribution in [0.15, 0.2) is 48.5 Å². The number of benzene rings is 2. The van der Waals surface area contributed by atoms with E-state index in [9.17, 15) is 9.90 Å². The summed E-state index contributed by atoms with van der Waals surface area (Å²) in [6, 6.07) is 15.8. The number of nitrogens with zero attached hydrogens (tertiary/aromatic N) is 1. The first kappa shape index (κ1) is 13.6. The molecule has 2 aromatic carbocycles. The predicted molar refractivity (Wildman–Crippen MR) is 82.1 cm³/mol. The average Bonchev–Trinajstić information content (AvgIpc) is 2.47. The number of aliphatic carboxylic acids is 1. The van der Waals surface area contributed by atoms with Gasteiger partial charge in [0.1, 0.15) is 0 Å². The Balaban J connectivity index is 2.10. The molecule has 0 spiro atoms. The minimum absolute atomic E-state index is 0.0212. The van der Waals surface area contributed by atoms with Gasteiger partial charge in [-0.05, 0) is 29.2 Å². The molecule has 1 heterocycles. The highest BCUT2D eigenvalue weighted by atomic mass is 16.4. The Kier molecular flexibility index (Phi) is 3.62. The molecule has 3 N–H and O–H groups in total. The maximum atomic E-state index is 11.2. The molecule has 0 radical (unpaired) electrons. The van der Waals surface area contributed by atoms with Gasteiger partial charge in [-0.25, -0.2) is 0 Å². The number of anilines is 1. The topological polar surface area (TPSA) is 66.6 Å². The van der Waals surface area contributed by atoms with Crippen LogP contribution in [0.5, 0.6) is 0 Å². The summed E-state index contributed by atoms with van der Waals surface area (Å²) in [6.45, 7) is 0.746. The van der Waals surface area contributed by atoms with E-state index in [0.717, 1.165) is 24.1 Å². The van der Waals surface area contributed by atoms with Crippen molar-refractivity contribution in [2.24, 2.45) is 0 Å². The Labute approximate surface area is 123 Å². The molecule has 3 rings (SSSR count). The molecule has 4 heteroatoms. The minimum Gasteiger partial charge on any atom is -0.480 e. The number of carbonyl (C=O) groups is 1. The molecule has 0 bridgehead atoms. The summed E-state index contributed by atoms with van der Waals surface area (Å²) in [4.78, 5) is 13.2. The third kappa shape index (κ3) is 2.62. The second-order valence-corrected chi connectivity index (χ2v) is 5.34. The van der Waals surface area contributed by atoms with Crippen molar-refractivity contribution >= 4 is 11.7 Å². The Morgan fingerprint density at radius 2 is 1.81 bits per heavy atom. The molecule has 2 aromatic rings. The first-order valence-corrected chi connectivity index (χ1v) is 7.05. The molecular weight excluding hydrogens is 264 g/mol. The Bertz CT molecular complexity index is 669. The summed E-state index contributed by atoms with van der Waals surface area (Å²) in [5.74, 6) is -0.811. The summed E-state index contributed by atoms with van der Waals surface area (Å²) in [5.41, 5.74) is 10.2. The molecule has 108 valence electrons. The molecule has 0 fully saturated rings. The summed E-state index contributed by atoms with van der Waals surface area (Å²) >= 11 is 0. The van der Waals surface area contributed by atoms with Crippen LogP contribution in [-0.2, 0) is 11.2 Å². The molecule has 1 atom stereocenters. The molecule has 0 saturated heterocycles. The fraction of sp³-hybridized carbons (Fsp3) is 0.235. The van der Waals surface area contributed by atoms with Crippen molar-refractivity contribution in [3.8, 4) is 0 Å². The van der Waals surface area contributed by atoms with E-state index < -0.39 is 5.97 Å². The van der Waals surface area contributed by atoms with Crippen LogP contribution in [0.3, 0.4) is 0 Å². The van der Waals surface area contributed by atoms with Gasteiger partial charge in [-0.3, -0.25) is 9.69 Å². The van der Waals surface area contributed by atoms with Crippen molar-refractivity contribution < 1.29 is 9.90 Å². The number of para-hydroxylation sites is 1. The normalized spacial score (nSPS) is 18.2. The van der Waals surface area contributed by atoms with Crippen LogP contribution in [0.25, 0.3) is 0 Å². The van der Waals surface area contributed by atoms with Crippen molar-refractivity contribution in [2.45, 2.75) is 12.5 Å². The van der Waals surface area contributed by atoms with Crippen LogP contribution in [0.4, 0.5) is 5.69 Å². The second-order valence-electron chi connectivity index (χ2n) is 5.34. The number of nitrogen functional groups attached to an aromatic ring is 1. The molecule has 0 saturated carbocycles. The molecule has 4 nitrogen and oxygen atoms in total. The fourth-order valence-corrected chi connectivity index (χ4v) is 3.09. The smallest absolute Gasteiger partial charge is 0.317 e. The van der Waals surface area contributed by atoms with Gasteiger partial charge in [0.2, 0.25) is 0 Å². The highest BCUT2D eigenvalue weighted by Gasteiger charge is 2.30. The molecule has 1 aliphatic rings. The van der Waals surface area contributed by atoms with E-state index in [4.69, 9.17) is 5.73 Å². The SMILES string of the molecule is Nc1ccccc1C1c2ccccc2CCN1CC(=O)O. The van der Waals surface area contributed by atoms with Crippen LogP contribution >= 0.6 is 0 Å². The van der Waals surface area contributed by atoms with Crippen LogP contribution in [0.2, 0.25) is 0 Å². The number of fused-ring (bicyclic) bond motifs is 1. The number of hydrogen-bond donors (Lipinski definition) is 2. The molecule has 0 aromatic heterocycles. The average molecular weight is 282 g/mol. The predicted octanol–water partition coefficient (Wildman–Crippen LogP) is 2.30. The van der Waals surface area contributed by atoms with Crippen molar-refractivity contribution in [3.05, 3.63) is 65.2 Å². The highest BCUT2D eigenvalue weighted by molar-refractivity contribution is 5.69. The summed E-state index contributed by atoms with van der Waals surface area (Å²) < 4.78 is 0. The van der Waals surface area contributed by atoms with E-state index in [2.05, 4.69) is 12.1 Å². The van der Waals surface area contributed by atoms with E-state index in [0.29, 0.717) is 5.69 Å². The number of nitrogens with two attached hydrogens (primary N) is 1. The maximum absolute atomic E-state index is 11.2. The first-order valence-electron chi connectivity index (χ1n) is 7.05. The lowest BCUT2D eigenvalue weighted by Crippen LogP contribution is -2.39. The molecule has 21 heavy (non-hydrogen) atoms. The number of rotatable bonds is 3. The zero-order valence-corrected chi connectivity index (χ0v) is 11.7. The third-order valence-corrected chi connectivity index (χ3v) is 4.01. The van der Waals surface area contributed by atoms with Crippen molar-refractivity contribution in [1.82, 2.24) is 4.90 Å². The Morgan fingerprint density at radius 1 is 1.14 bits per heavy atom. The minimum atomic E-state index is -0.811. The third-order valence-electron chi connectivity index (χ3n) is 4.01. The maximum Gasteiger partial charge on any atom is 0.317 e. The summed E-state index contributed by atoms with van der Waals surface area (Å²) in [6.07, 6.45) is 0.868. The molecule has 0 amide bonds. The zero-order valence-electron chi connectivity index (χ0n) is 11.7. The van der Waals surface area contributed by atoms with E-state index in [1.165, 1.54) is 5.56 Å². The lowest BCUT2D eigenvalue weighted by molar-refractivity contribution is -0.138. The largest absolute Gasteiger partial charge is 0.480 e. The lowest BCUT2D eigenvalue weighted by Gasteiger charge is -2.37. The molecule has 1 aliphatic heterocycles. The van der Waals surface area contributed by atoms with E-state index in [-0.39, 0.29) is 12.6 Å². The monoisotopic (exact) mass is 282 g/mol. The van der Waals surface area contributed by atoms with Crippen molar-refractivity contribution in [3.63, 3.8) is 0 Å². The van der Waals surface area contributed by atoms with Crippen LogP contribution < -0.4 is 5.73 Å². The van der Waals surface area contributed by atoms with Gasteiger partial charge in [0.15, 0.2) is 0 Å². The van der Waals surface area contributed by atoms with E-state index in [1.54, 1.807) is 0 Å². The van der Waals surface area contributed by atoms with Gasteiger partial charge in [-0.1, -0.05) is 42.5 Å². The second kappa shape index (κ2) is 5.58. The Morgan fingerprint density at radius 3 is 2.52 bits per heavy atom. The number of carboxylic acids is 1. The van der Waals surface area contributed by atoms with E-state index >= 15 is 0 Å². The van der Waals surface area contributed by atoms with Gasteiger partial charge in [0.25, 0.3) is 0 Å². The van der Waals surface area contributed by atoms with Gasteiger partial charge in [-0.2, -0.15) is 0 Å². The standard InChI is InChI=1S/C17H18N2O2/c18-15-8-4-3-7-14(15)17-13-6-2-1-5-12(13)9-10-19(17)11-16(20)21/h1-8,17H,9-11,18H2,(H,20,21). The molecular formula is C17H18N2O2. The van der Waals surface area contributed by atoms with Crippen molar-refractivity contribution in [1.29, 1.82) is 0 Å². The van der Waals surface area contributed by atoms with Crippen LogP contribution in [0.1, 0.15) is 22.7 Å². The zero-order chi connectivity index (χ0) is 14.8. The van der Waals surface area contributed by atoms with Crippen molar-refractivity contribution in [2.75, 3.05) is 18.8 Å².